The van der Waals surface area contributed by atoms with E-state index in [1.165, 1.54) is 7.11 Å². The van der Waals surface area contributed by atoms with Crippen molar-refractivity contribution in [1.29, 1.82) is 0 Å². The van der Waals surface area contributed by atoms with Gasteiger partial charge < -0.3 is 18.9 Å². The molecule has 0 aromatic heterocycles. The summed E-state index contributed by atoms with van der Waals surface area (Å²) in [5, 5.41) is 2.84. The van der Waals surface area contributed by atoms with Crippen molar-refractivity contribution >= 4 is 19.6 Å². The molecule has 1 unspecified atom stereocenters. The third-order valence-corrected chi connectivity index (χ3v) is 7.56. The Kier molecular flexibility index (Phi) is 9.51. The highest BCUT2D eigenvalue weighted by Gasteiger charge is 2.31. The van der Waals surface area contributed by atoms with Crippen LogP contribution in [0.2, 0.25) is 0 Å². The lowest BCUT2D eigenvalue weighted by Crippen LogP contribution is -2.49. The van der Waals surface area contributed by atoms with Crippen molar-refractivity contribution in [3.63, 3.8) is 0 Å². The number of esters is 1. The van der Waals surface area contributed by atoms with Crippen LogP contribution in [-0.2, 0) is 25.4 Å². The molecule has 0 aliphatic carbocycles. The van der Waals surface area contributed by atoms with Crippen molar-refractivity contribution < 1.29 is 28.2 Å². The predicted molar refractivity (Wildman–Crippen MR) is 129 cm³/mol. The van der Waals surface area contributed by atoms with E-state index in [-0.39, 0.29) is 18.9 Å². The molecule has 2 aromatic rings. The van der Waals surface area contributed by atoms with Crippen LogP contribution in [0.1, 0.15) is 12.5 Å². The topological polar surface area (TPSA) is 97.4 Å². The van der Waals surface area contributed by atoms with Gasteiger partial charge in [0, 0.05) is 32.7 Å². The fourth-order valence-electron chi connectivity index (χ4n) is 3.55. The molecule has 0 saturated carbocycles. The minimum Gasteiger partial charge on any atom is -0.468 e. The van der Waals surface area contributed by atoms with Gasteiger partial charge in [0.15, 0.2) is 0 Å². The summed E-state index contributed by atoms with van der Waals surface area (Å²) >= 11 is 0. The number of nitrogens with one attached hydrogen (secondary N) is 1. The molecule has 1 saturated heterocycles. The molecule has 1 fully saturated rings. The van der Waals surface area contributed by atoms with E-state index < -0.39 is 19.5 Å². The maximum atomic E-state index is 13.6. The summed E-state index contributed by atoms with van der Waals surface area (Å²) in [4.78, 5) is 28.0. The minimum absolute atomic E-state index is 0.196. The lowest BCUT2D eigenvalue weighted by atomic mass is 10.2. The molecule has 1 N–H and O–H groups in total. The SMILES string of the molecule is COC(=O)[C@H](C)NP(=O)(CCN1CCN(C(=O)OCc2ccccc2)CC1)Oc1ccccc1. The van der Waals surface area contributed by atoms with Gasteiger partial charge in [-0.3, -0.25) is 14.3 Å². The molecule has 2 aromatic carbocycles. The molecule has 9 nitrogen and oxygen atoms in total. The Morgan fingerprint density at radius 3 is 2.24 bits per heavy atom. The van der Waals surface area contributed by atoms with Crippen LogP contribution in [0.4, 0.5) is 4.79 Å². The predicted octanol–water partition coefficient (Wildman–Crippen LogP) is 3.36. The zero-order chi connectivity index (χ0) is 24.4. The maximum Gasteiger partial charge on any atom is 0.410 e. The van der Waals surface area contributed by atoms with Crippen LogP contribution < -0.4 is 9.61 Å². The Labute approximate surface area is 200 Å². The number of hydrogen-bond acceptors (Lipinski definition) is 7. The summed E-state index contributed by atoms with van der Waals surface area (Å²) < 4.78 is 29.6. The standard InChI is InChI=1S/C24H32N3O6P/c1-20(23(28)31-2)25-34(30,33-22-11-7-4-8-12-22)18-17-26-13-15-27(16-14-26)24(29)32-19-21-9-5-3-6-10-21/h3-12,20H,13-19H2,1-2H3,(H,25,30)/t20-,34?/m0/s1. The number of para-hydroxylation sites is 1. The van der Waals surface area contributed by atoms with E-state index in [0.29, 0.717) is 38.5 Å². The number of carbonyl (C=O) groups is 2. The number of methoxy groups -OCH3 is 1. The molecule has 1 aliphatic rings. The lowest BCUT2D eigenvalue weighted by Gasteiger charge is -2.34. The van der Waals surface area contributed by atoms with E-state index in [2.05, 4.69) is 9.99 Å². The van der Waals surface area contributed by atoms with Gasteiger partial charge in [-0.15, -0.1) is 0 Å². The van der Waals surface area contributed by atoms with E-state index in [1.54, 1.807) is 36.1 Å². The highest BCUT2D eigenvalue weighted by Crippen LogP contribution is 2.43. The average molecular weight is 490 g/mol. The first-order valence-corrected chi connectivity index (χ1v) is 13.1. The Balaban J connectivity index is 1.50. The molecule has 0 bridgehead atoms. The summed E-state index contributed by atoms with van der Waals surface area (Å²) in [7, 11) is -2.12. The second kappa shape index (κ2) is 12.6. The molecule has 0 radical (unpaired) electrons. The van der Waals surface area contributed by atoms with Gasteiger partial charge in [-0.1, -0.05) is 48.5 Å². The van der Waals surface area contributed by atoms with Crippen LogP contribution in [-0.4, -0.2) is 73.9 Å². The van der Waals surface area contributed by atoms with Gasteiger partial charge in [0.1, 0.15) is 18.4 Å². The Morgan fingerprint density at radius 2 is 1.62 bits per heavy atom. The Morgan fingerprint density at radius 1 is 1.00 bits per heavy atom. The fraction of sp³-hybridized carbons (Fsp3) is 0.417. The number of carbonyl (C=O) groups excluding carboxylic acids is 2. The second-order valence-electron chi connectivity index (χ2n) is 8.04. The van der Waals surface area contributed by atoms with Crippen LogP contribution in [0, 0.1) is 0 Å². The molecule has 1 aliphatic heterocycles. The summed E-state index contributed by atoms with van der Waals surface area (Å²) in [6, 6.07) is 17.6. The molecule has 3 rings (SSSR count). The van der Waals surface area contributed by atoms with E-state index in [0.717, 1.165) is 5.56 Å². The Hall–Kier alpha value is -2.87. The van der Waals surface area contributed by atoms with Crippen molar-refractivity contribution in [2.45, 2.75) is 19.6 Å². The normalized spacial score (nSPS) is 16.8. The fourth-order valence-corrected chi connectivity index (χ4v) is 5.53. The third-order valence-electron chi connectivity index (χ3n) is 5.49. The molecule has 2 atom stereocenters. The van der Waals surface area contributed by atoms with Gasteiger partial charge in [-0.2, -0.15) is 0 Å². The minimum atomic E-state index is -3.41. The van der Waals surface area contributed by atoms with Crippen LogP contribution >= 0.6 is 7.52 Å². The summed E-state index contributed by atoms with van der Waals surface area (Å²) in [5.41, 5.74) is 0.942. The van der Waals surface area contributed by atoms with Gasteiger partial charge in [-0.05, 0) is 24.6 Å². The van der Waals surface area contributed by atoms with E-state index in [9.17, 15) is 14.2 Å². The lowest BCUT2D eigenvalue weighted by molar-refractivity contribution is -0.142. The van der Waals surface area contributed by atoms with Crippen LogP contribution in [0.3, 0.4) is 0 Å². The summed E-state index contributed by atoms with van der Waals surface area (Å²) in [5.74, 6) is -0.0547. The maximum absolute atomic E-state index is 13.6. The third kappa shape index (κ3) is 7.87. The van der Waals surface area contributed by atoms with Crippen molar-refractivity contribution in [2.24, 2.45) is 0 Å². The van der Waals surface area contributed by atoms with Crippen molar-refractivity contribution in [3.8, 4) is 5.75 Å². The number of ether oxygens (including phenoxy) is 2. The largest absolute Gasteiger partial charge is 0.468 e. The number of hydrogen-bond donors (Lipinski definition) is 1. The quantitative estimate of drug-likeness (QED) is 0.401. The zero-order valence-electron chi connectivity index (χ0n) is 19.6. The number of nitrogens with zero attached hydrogens (tertiary/aromatic N) is 2. The van der Waals surface area contributed by atoms with E-state index in [1.807, 2.05) is 36.4 Å². The molecule has 34 heavy (non-hydrogen) atoms. The molecular formula is C24H32N3O6P. The number of benzene rings is 2. The van der Waals surface area contributed by atoms with Gasteiger partial charge in [0.05, 0.1) is 13.3 Å². The van der Waals surface area contributed by atoms with Gasteiger partial charge in [0.25, 0.3) is 0 Å². The molecular weight excluding hydrogens is 457 g/mol. The highest BCUT2D eigenvalue weighted by atomic mass is 31.2. The van der Waals surface area contributed by atoms with E-state index in [4.69, 9.17) is 14.0 Å². The van der Waals surface area contributed by atoms with Crippen molar-refractivity contribution in [2.75, 3.05) is 46.0 Å². The molecule has 10 heteroatoms. The molecule has 1 heterocycles. The van der Waals surface area contributed by atoms with Gasteiger partial charge in [-0.25, -0.2) is 9.88 Å². The second-order valence-corrected chi connectivity index (χ2v) is 10.3. The van der Waals surface area contributed by atoms with Crippen LogP contribution in [0.5, 0.6) is 5.75 Å². The van der Waals surface area contributed by atoms with E-state index >= 15 is 0 Å². The summed E-state index contributed by atoms with van der Waals surface area (Å²) in [6.07, 6.45) is -0.142. The summed E-state index contributed by atoms with van der Waals surface area (Å²) in [6.45, 7) is 4.60. The van der Waals surface area contributed by atoms with Crippen molar-refractivity contribution in [3.05, 3.63) is 66.2 Å². The zero-order valence-corrected chi connectivity index (χ0v) is 20.5. The average Bonchev–Trinajstić information content (AvgIpc) is 2.87. The van der Waals surface area contributed by atoms with Crippen LogP contribution in [0.15, 0.2) is 60.7 Å². The first-order chi connectivity index (χ1) is 16.4. The Bertz CT molecular complexity index is 967. The van der Waals surface area contributed by atoms with Crippen LogP contribution in [0.25, 0.3) is 0 Å². The highest BCUT2D eigenvalue weighted by molar-refractivity contribution is 7.57. The number of amides is 1. The smallest absolute Gasteiger partial charge is 0.410 e. The first kappa shape index (κ1) is 25.7. The number of rotatable bonds is 10. The van der Waals surface area contributed by atoms with Crippen molar-refractivity contribution in [1.82, 2.24) is 14.9 Å². The molecule has 0 spiro atoms. The monoisotopic (exact) mass is 489 g/mol. The number of piperazine rings is 1. The molecule has 1 amide bonds. The van der Waals surface area contributed by atoms with Gasteiger partial charge >= 0.3 is 19.6 Å². The van der Waals surface area contributed by atoms with Gasteiger partial charge in [0.2, 0.25) is 0 Å². The first-order valence-electron chi connectivity index (χ1n) is 11.3. The molecule has 184 valence electrons.